The Balaban J connectivity index is 1.48. The molecule has 34 heavy (non-hydrogen) atoms. The summed E-state index contributed by atoms with van der Waals surface area (Å²) >= 11 is 0. The van der Waals surface area contributed by atoms with Gasteiger partial charge in [-0.05, 0) is 64.1 Å². The first kappa shape index (κ1) is 23.8. The zero-order chi connectivity index (χ0) is 24.2. The number of rotatable bonds is 8. The molecule has 180 valence electrons. The molecule has 3 aromatic rings. The standard InChI is InChI=1S/C27H34N4O3/c1-19-24(20(2)31(28-19)21-10-7-6-8-11-21)17-29(3)18-27(32)30-15-9-12-25(30)23-16-22(33-4)13-14-26(23)34-5/h6-8,10-11,13-14,16,25H,9,12,15,17-18H2,1-5H3. The Labute approximate surface area is 201 Å². The summed E-state index contributed by atoms with van der Waals surface area (Å²) in [6, 6.07) is 15.9. The van der Waals surface area contributed by atoms with Gasteiger partial charge in [0, 0.05) is 29.9 Å². The lowest BCUT2D eigenvalue weighted by atomic mass is 10.0. The zero-order valence-electron chi connectivity index (χ0n) is 20.7. The highest BCUT2D eigenvalue weighted by Crippen LogP contribution is 2.39. The molecule has 2 heterocycles. The molecule has 2 aromatic carbocycles. The quantitative estimate of drug-likeness (QED) is 0.500. The predicted octanol–water partition coefficient (Wildman–Crippen LogP) is 4.30. The highest BCUT2D eigenvalue weighted by Gasteiger charge is 2.32. The van der Waals surface area contributed by atoms with Crippen molar-refractivity contribution in [2.75, 3.05) is 34.4 Å². The summed E-state index contributed by atoms with van der Waals surface area (Å²) in [6.45, 7) is 5.88. The van der Waals surface area contributed by atoms with Crippen molar-refractivity contribution in [3.8, 4) is 17.2 Å². The van der Waals surface area contributed by atoms with Crippen LogP contribution >= 0.6 is 0 Å². The van der Waals surface area contributed by atoms with Gasteiger partial charge in [-0.2, -0.15) is 5.10 Å². The molecular formula is C27H34N4O3. The number of nitrogens with zero attached hydrogens (tertiary/aromatic N) is 4. The van der Waals surface area contributed by atoms with Crippen molar-refractivity contribution in [2.45, 2.75) is 39.3 Å². The maximum absolute atomic E-state index is 13.4. The number of carbonyl (C=O) groups excluding carboxylic acids is 1. The molecule has 0 bridgehead atoms. The Morgan fingerprint density at radius 3 is 2.59 bits per heavy atom. The number of hydrogen-bond acceptors (Lipinski definition) is 5. The Hall–Kier alpha value is -3.32. The smallest absolute Gasteiger partial charge is 0.237 e. The van der Waals surface area contributed by atoms with Crippen LogP contribution in [0.3, 0.4) is 0 Å². The number of amides is 1. The van der Waals surface area contributed by atoms with Gasteiger partial charge in [0.2, 0.25) is 5.91 Å². The van der Waals surface area contributed by atoms with Crippen LogP contribution in [0.2, 0.25) is 0 Å². The normalized spacial score (nSPS) is 15.7. The van der Waals surface area contributed by atoms with E-state index >= 15 is 0 Å². The van der Waals surface area contributed by atoms with Gasteiger partial charge in [0.15, 0.2) is 0 Å². The Morgan fingerprint density at radius 1 is 1.12 bits per heavy atom. The minimum absolute atomic E-state index is 0.00440. The number of ether oxygens (including phenoxy) is 2. The van der Waals surface area contributed by atoms with Crippen LogP contribution in [-0.4, -0.2) is 59.8 Å². The van der Waals surface area contributed by atoms with Crippen LogP contribution in [0.25, 0.3) is 5.69 Å². The fraction of sp³-hybridized carbons (Fsp3) is 0.407. The van der Waals surface area contributed by atoms with E-state index in [1.165, 1.54) is 0 Å². The molecule has 0 saturated carbocycles. The lowest BCUT2D eigenvalue weighted by molar-refractivity contribution is -0.133. The Kier molecular flexibility index (Phi) is 7.22. The maximum atomic E-state index is 13.4. The molecule has 0 aliphatic carbocycles. The van der Waals surface area contributed by atoms with Crippen molar-refractivity contribution in [2.24, 2.45) is 0 Å². The van der Waals surface area contributed by atoms with Crippen LogP contribution in [0, 0.1) is 13.8 Å². The molecule has 1 aliphatic heterocycles. The summed E-state index contributed by atoms with van der Waals surface area (Å²) in [5.41, 5.74) is 5.29. The van der Waals surface area contributed by atoms with E-state index in [0.29, 0.717) is 13.1 Å². The second-order valence-corrected chi connectivity index (χ2v) is 8.92. The number of aromatic nitrogens is 2. The number of methoxy groups -OCH3 is 2. The monoisotopic (exact) mass is 462 g/mol. The third kappa shape index (κ3) is 4.80. The van der Waals surface area contributed by atoms with Crippen LogP contribution in [-0.2, 0) is 11.3 Å². The molecular weight excluding hydrogens is 428 g/mol. The number of aryl methyl sites for hydroxylation is 1. The van der Waals surface area contributed by atoms with E-state index in [2.05, 4.69) is 24.0 Å². The molecule has 1 amide bonds. The zero-order valence-corrected chi connectivity index (χ0v) is 20.7. The number of hydrogen-bond donors (Lipinski definition) is 0. The molecule has 7 heteroatoms. The average molecular weight is 463 g/mol. The van der Waals surface area contributed by atoms with Crippen molar-refractivity contribution in [3.63, 3.8) is 0 Å². The van der Waals surface area contributed by atoms with E-state index < -0.39 is 0 Å². The summed E-state index contributed by atoms with van der Waals surface area (Å²) in [5, 5.41) is 4.75. The van der Waals surface area contributed by atoms with Crippen molar-refractivity contribution in [1.82, 2.24) is 19.6 Å². The van der Waals surface area contributed by atoms with Crippen LogP contribution < -0.4 is 9.47 Å². The van der Waals surface area contributed by atoms with Gasteiger partial charge in [0.05, 0.1) is 38.2 Å². The first-order chi connectivity index (χ1) is 16.4. The van der Waals surface area contributed by atoms with Crippen LogP contribution in [0.1, 0.15) is 41.4 Å². The van der Waals surface area contributed by atoms with E-state index in [9.17, 15) is 4.79 Å². The van der Waals surface area contributed by atoms with Gasteiger partial charge < -0.3 is 14.4 Å². The molecule has 0 spiro atoms. The summed E-state index contributed by atoms with van der Waals surface area (Å²) < 4.78 is 13.0. The molecule has 4 rings (SSSR count). The van der Waals surface area contributed by atoms with Crippen molar-refractivity contribution >= 4 is 5.91 Å². The number of likely N-dealkylation sites (tertiary alicyclic amines) is 1. The van der Waals surface area contributed by atoms with Gasteiger partial charge in [0.25, 0.3) is 0 Å². The van der Waals surface area contributed by atoms with Crippen molar-refractivity contribution in [3.05, 3.63) is 71.0 Å². The van der Waals surface area contributed by atoms with Crippen molar-refractivity contribution in [1.29, 1.82) is 0 Å². The SMILES string of the molecule is COc1ccc(OC)c(C2CCCN2C(=O)CN(C)Cc2c(C)nn(-c3ccccc3)c2C)c1. The number of benzene rings is 2. The lowest BCUT2D eigenvalue weighted by Gasteiger charge is -2.28. The van der Waals surface area contributed by atoms with Gasteiger partial charge in [-0.1, -0.05) is 18.2 Å². The number of para-hydroxylation sites is 1. The third-order valence-corrected chi connectivity index (χ3v) is 6.64. The summed E-state index contributed by atoms with van der Waals surface area (Å²) in [4.78, 5) is 17.4. The van der Waals surface area contributed by atoms with Crippen LogP contribution in [0.4, 0.5) is 0 Å². The van der Waals surface area contributed by atoms with E-state index in [-0.39, 0.29) is 11.9 Å². The van der Waals surface area contributed by atoms with E-state index in [0.717, 1.165) is 59.1 Å². The Morgan fingerprint density at radius 2 is 1.88 bits per heavy atom. The molecule has 1 saturated heterocycles. The topological polar surface area (TPSA) is 59.8 Å². The Bertz CT molecular complexity index is 1140. The maximum Gasteiger partial charge on any atom is 0.237 e. The molecule has 1 aliphatic rings. The molecule has 0 N–H and O–H groups in total. The average Bonchev–Trinajstić information content (AvgIpc) is 3.45. The van der Waals surface area contributed by atoms with Gasteiger partial charge in [-0.3, -0.25) is 9.69 Å². The van der Waals surface area contributed by atoms with Gasteiger partial charge in [-0.15, -0.1) is 0 Å². The van der Waals surface area contributed by atoms with Gasteiger partial charge in [-0.25, -0.2) is 4.68 Å². The molecule has 1 unspecified atom stereocenters. The molecule has 0 radical (unpaired) electrons. The summed E-state index contributed by atoms with van der Waals surface area (Å²) in [7, 11) is 5.32. The third-order valence-electron chi connectivity index (χ3n) is 6.64. The van der Waals surface area contributed by atoms with E-state index in [4.69, 9.17) is 14.6 Å². The minimum Gasteiger partial charge on any atom is -0.497 e. The molecule has 7 nitrogen and oxygen atoms in total. The summed E-state index contributed by atoms with van der Waals surface area (Å²) in [5.74, 6) is 1.69. The molecule has 1 atom stereocenters. The van der Waals surface area contributed by atoms with Gasteiger partial charge >= 0.3 is 0 Å². The lowest BCUT2D eigenvalue weighted by Crippen LogP contribution is -2.38. The largest absolute Gasteiger partial charge is 0.497 e. The fourth-order valence-corrected chi connectivity index (χ4v) is 4.86. The first-order valence-corrected chi connectivity index (χ1v) is 11.7. The minimum atomic E-state index is -0.00440. The fourth-order valence-electron chi connectivity index (χ4n) is 4.86. The number of carbonyl (C=O) groups is 1. The second-order valence-electron chi connectivity index (χ2n) is 8.92. The second kappa shape index (κ2) is 10.3. The van der Waals surface area contributed by atoms with E-state index in [1.807, 2.05) is 60.0 Å². The summed E-state index contributed by atoms with van der Waals surface area (Å²) in [6.07, 6.45) is 1.89. The van der Waals surface area contributed by atoms with E-state index in [1.54, 1.807) is 14.2 Å². The van der Waals surface area contributed by atoms with Crippen LogP contribution in [0.15, 0.2) is 48.5 Å². The van der Waals surface area contributed by atoms with Crippen LogP contribution in [0.5, 0.6) is 11.5 Å². The first-order valence-electron chi connectivity index (χ1n) is 11.7. The highest BCUT2D eigenvalue weighted by atomic mass is 16.5. The molecule has 1 fully saturated rings. The predicted molar refractivity (Wildman–Crippen MR) is 133 cm³/mol. The molecule has 1 aromatic heterocycles. The number of likely N-dealkylation sites (N-methyl/N-ethyl adjacent to an activating group) is 1. The highest BCUT2D eigenvalue weighted by molar-refractivity contribution is 5.79. The van der Waals surface area contributed by atoms with Gasteiger partial charge in [0.1, 0.15) is 11.5 Å². The van der Waals surface area contributed by atoms with Crippen molar-refractivity contribution < 1.29 is 14.3 Å².